The van der Waals surface area contributed by atoms with Crippen LogP contribution < -0.4 is 5.73 Å². The second kappa shape index (κ2) is 6.20. The van der Waals surface area contributed by atoms with Gasteiger partial charge in [0, 0.05) is 25.8 Å². The summed E-state index contributed by atoms with van der Waals surface area (Å²) in [6.07, 6.45) is 3.84. The van der Waals surface area contributed by atoms with Crippen LogP contribution in [0.4, 0.5) is 0 Å². The molecule has 1 aliphatic heterocycles. The van der Waals surface area contributed by atoms with E-state index in [0.29, 0.717) is 18.0 Å². The largest absolute Gasteiger partial charge is 0.338 e. The summed E-state index contributed by atoms with van der Waals surface area (Å²) in [7, 11) is 1.85. The van der Waals surface area contributed by atoms with E-state index in [0.717, 1.165) is 31.6 Å². The standard InChI is InChI=1S/C12H20N4O.ClH/c1-9-11(7-14-15(9)2)12(17)16-5-3-4-10(6-13)8-16;/h7,10H,3-6,8,13H2,1-2H3;1H. The van der Waals surface area contributed by atoms with Crippen molar-refractivity contribution in [3.05, 3.63) is 17.5 Å². The van der Waals surface area contributed by atoms with Gasteiger partial charge in [-0.15, -0.1) is 12.4 Å². The van der Waals surface area contributed by atoms with E-state index in [-0.39, 0.29) is 18.3 Å². The van der Waals surface area contributed by atoms with Gasteiger partial charge in [0.15, 0.2) is 0 Å². The molecule has 0 aromatic carbocycles. The lowest BCUT2D eigenvalue weighted by Crippen LogP contribution is -2.42. The summed E-state index contributed by atoms with van der Waals surface area (Å²) in [5.74, 6) is 0.540. The Hall–Kier alpha value is -1.07. The zero-order chi connectivity index (χ0) is 12.4. The van der Waals surface area contributed by atoms with Crippen molar-refractivity contribution in [1.29, 1.82) is 0 Å². The van der Waals surface area contributed by atoms with Crippen LogP contribution in [0.3, 0.4) is 0 Å². The zero-order valence-corrected chi connectivity index (χ0v) is 11.7. The minimum Gasteiger partial charge on any atom is -0.338 e. The molecule has 2 heterocycles. The summed E-state index contributed by atoms with van der Waals surface area (Å²) in [4.78, 5) is 14.2. The number of aromatic nitrogens is 2. The summed E-state index contributed by atoms with van der Waals surface area (Å²) in [6.45, 7) is 4.20. The maximum Gasteiger partial charge on any atom is 0.257 e. The number of hydrogen-bond donors (Lipinski definition) is 1. The summed E-state index contributed by atoms with van der Waals surface area (Å²) < 4.78 is 1.73. The lowest BCUT2D eigenvalue weighted by atomic mass is 9.98. The average Bonchev–Trinajstić information content (AvgIpc) is 2.69. The molecule has 0 aliphatic carbocycles. The van der Waals surface area contributed by atoms with Crippen molar-refractivity contribution in [2.24, 2.45) is 18.7 Å². The van der Waals surface area contributed by atoms with Crippen LogP contribution in [0.2, 0.25) is 0 Å². The van der Waals surface area contributed by atoms with Gasteiger partial charge in [0.2, 0.25) is 0 Å². The van der Waals surface area contributed by atoms with Crippen LogP contribution in [0.25, 0.3) is 0 Å². The number of nitrogens with zero attached hydrogens (tertiary/aromatic N) is 3. The normalized spacial score (nSPS) is 19.5. The summed E-state index contributed by atoms with van der Waals surface area (Å²) in [5, 5.41) is 4.12. The third kappa shape index (κ3) is 2.84. The van der Waals surface area contributed by atoms with E-state index in [1.807, 2.05) is 18.9 Å². The quantitative estimate of drug-likeness (QED) is 0.872. The minimum absolute atomic E-state index is 0. The second-order valence-corrected chi connectivity index (χ2v) is 4.76. The summed E-state index contributed by atoms with van der Waals surface area (Å²) in [5.41, 5.74) is 7.32. The minimum atomic E-state index is 0. The highest BCUT2D eigenvalue weighted by atomic mass is 35.5. The van der Waals surface area contributed by atoms with Gasteiger partial charge < -0.3 is 10.6 Å². The molecule has 2 rings (SSSR count). The van der Waals surface area contributed by atoms with E-state index in [4.69, 9.17) is 5.73 Å². The molecule has 1 aliphatic rings. The smallest absolute Gasteiger partial charge is 0.257 e. The first-order chi connectivity index (χ1) is 8.13. The second-order valence-electron chi connectivity index (χ2n) is 4.76. The summed E-state index contributed by atoms with van der Waals surface area (Å²) >= 11 is 0. The van der Waals surface area contributed by atoms with E-state index < -0.39 is 0 Å². The molecular formula is C12H21ClN4O. The van der Waals surface area contributed by atoms with Gasteiger partial charge in [-0.2, -0.15) is 5.10 Å². The zero-order valence-electron chi connectivity index (χ0n) is 10.9. The Bertz CT molecular complexity index is 418. The SMILES string of the molecule is Cc1c(C(=O)N2CCCC(CN)C2)cnn1C.Cl. The number of amides is 1. The number of nitrogens with two attached hydrogens (primary N) is 1. The fourth-order valence-corrected chi connectivity index (χ4v) is 2.32. The van der Waals surface area contributed by atoms with Crippen LogP contribution in [0.15, 0.2) is 6.20 Å². The molecule has 0 spiro atoms. The Morgan fingerprint density at radius 3 is 2.89 bits per heavy atom. The predicted octanol–water partition coefficient (Wildman–Crippen LogP) is 0.961. The molecule has 0 radical (unpaired) electrons. The first-order valence-corrected chi connectivity index (χ1v) is 6.11. The maximum atomic E-state index is 12.3. The van der Waals surface area contributed by atoms with Crippen molar-refractivity contribution in [3.8, 4) is 0 Å². The Balaban J connectivity index is 0.00000162. The molecule has 1 fully saturated rings. The molecule has 1 unspecified atom stereocenters. The topological polar surface area (TPSA) is 64.2 Å². The molecule has 1 atom stereocenters. The first-order valence-electron chi connectivity index (χ1n) is 6.11. The first kappa shape index (κ1) is 15.0. The highest BCUT2D eigenvalue weighted by Gasteiger charge is 2.25. The molecule has 0 saturated carbocycles. The van der Waals surface area contributed by atoms with Crippen LogP contribution in [-0.2, 0) is 7.05 Å². The van der Waals surface area contributed by atoms with Crippen LogP contribution in [0.1, 0.15) is 28.9 Å². The molecule has 1 amide bonds. The number of carbonyl (C=O) groups is 1. The van der Waals surface area contributed by atoms with Gasteiger partial charge in [-0.3, -0.25) is 9.48 Å². The third-order valence-corrected chi connectivity index (χ3v) is 3.61. The van der Waals surface area contributed by atoms with Crippen molar-refractivity contribution >= 4 is 18.3 Å². The monoisotopic (exact) mass is 272 g/mol. The maximum absolute atomic E-state index is 12.3. The predicted molar refractivity (Wildman–Crippen MR) is 72.9 cm³/mol. The number of hydrogen-bond acceptors (Lipinski definition) is 3. The van der Waals surface area contributed by atoms with E-state index in [1.165, 1.54) is 0 Å². The molecule has 102 valence electrons. The highest BCUT2D eigenvalue weighted by Crippen LogP contribution is 2.18. The number of piperidine rings is 1. The van der Waals surface area contributed by atoms with Gasteiger partial charge >= 0.3 is 0 Å². The third-order valence-electron chi connectivity index (χ3n) is 3.61. The molecule has 2 N–H and O–H groups in total. The Morgan fingerprint density at radius 1 is 1.61 bits per heavy atom. The molecular weight excluding hydrogens is 252 g/mol. The van der Waals surface area contributed by atoms with E-state index in [9.17, 15) is 4.79 Å². The molecule has 5 nitrogen and oxygen atoms in total. The molecule has 6 heteroatoms. The summed E-state index contributed by atoms with van der Waals surface area (Å²) in [6, 6.07) is 0. The van der Waals surface area contributed by atoms with Crippen LogP contribution in [-0.4, -0.2) is 40.2 Å². The van der Waals surface area contributed by atoms with E-state index in [1.54, 1.807) is 10.9 Å². The molecule has 0 bridgehead atoms. The highest BCUT2D eigenvalue weighted by molar-refractivity contribution is 5.95. The van der Waals surface area contributed by atoms with Gasteiger partial charge in [0.25, 0.3) is 5.91 Å². The van der Waals surface area contributed by atoms with Gasteiger partial charge in [0.1, 0.15) is 0 Å². The fraction of sp³-hybridized carbons (Fsp3) is 0.667. The van der Waals surface area contributed by atoms with Gasteiger partial charge in [-0.25, -0.2) is 0 Å². The van der Waals surface area contributed by atoms with Crippen molar-refractivity contribution in [2.75, 3.05) is 19.6 Å². The van der Waals surface area contributed by atoms with Crippen molar-refractivity contribution in [1.82, 2.24) is 14.7 Å². The van der Waals surface area contributed by atoms with Gasteiger partial charge in [-0.05, 0) is 32.2 Å². The van der Waals surface area contributed by atoms with Crippen molar-refractivity contribution in [2.45, 2.75) is 19.8 Å². The van der Waals surface area contributed by atoms with Gasteiger partial charge in [-0.1, -0.05) is 0 Å². The lowest BCUT2D eigenvalue weighted by molar-refractivity contribution is 0.0677. The number of halogens is 1. The van der Waals surface area contributed by atoms with Crippen LogP contribution in [0, 0.1) is 12.8 Å². The van der Waals surface area contributed by atoms with Crippen LogP contribution >= 0.6 is 12.4 Å². The van der Waals surface area contributed by atoms with Crippen LogP contribution in [0.5, 0.6) is 0 Å². The van der Waals surface area contributed by atoms with E-state index >= 15 is 0 Å². The fourth-order valence-electron chi connectivity index (χ4n) is 2.32. The number of rotatable bonds is 2. The van der Waals surface area contributed by atoms with Crippen molar-refractivity contribution < 1.29 is 4.79 Å². The molecule has 1 saturated heterocycles. The average molecular weight is 273 g/mol. The number of likely N-dealkylation sites (tertiary alicyclic amines) is 1. The van der Waals surface area contributed by atoms with Gasteiger partial charge in [0.05, 0.1) is 11.8 Å². The Labute approximate surface area is 114 Å². The van der Waals surface area contributed by atoms with Crippen molar-refractivity contribution in [3.63, 3.8) is 0 Å². The lowest BCUT2D eigenvalue weighted by Gasteiger charge is -2.32. The Morgan fingerprint density at radius 2 is 2.33 bits per heavy atom. The number of carbonyl (C=O) groups excluding carboxylic acids is 1. The molecule has 1 aromatic heterocycles. The Kier molecular flexibility index (Phi) is 5.16. The number of aryl methyl sites for hydroxylation is 1. The van der Waals surface area contributed by atoms with E-state index in [2.05, 4.69) is 5.10 Å². The molecule has 18 heavy (non-hydrogen) atoms. The molecule has 1 aromatic rings.